The van der Waals surface area contributed by atoms with Crippen molar-refractivity contribution in [1.29, 1.82) is 0 Å². The lowest BCUT2D eigenvalue weighted by atomic mass is 9.87. The molecule has 2 nitrogen and oxygen atoms in total. The normalized spacial score (nSPS) is 16.7. The fraction of sp³-hybridized carbons (Fsp3) is 1.00. The molecule has 1 unspecified atom stereocenters. The highest BCUT2D eigenvalue weighted by atomic mass is 16.3. The summed E-state index contributed by atoms with van der Waals surface area (Å²) in [6, 6.07) is 0. The minimum atomic E-state index is -0.553. The van der Waals surface area contributed by atoms with E-state index < -0.39 is 11.2 Å². The Balaban J connectivity index is 3.83. The first-order chi connectivity index (χ1) is 6.39. The maximum Gasteiger partial charge on any atom is 0.0642 e. The van der Waals surface area contributed by atoms with E-state index in [1.54, 1.807) is 0 Å². The fourth-order valence-electron chi connectivity index (χ4n) is 1.58. The molecular weight excluding hydrogens is 176 g/mol. The Hall–Kier alpha value is -0.0800. The molecule has 2 heteroatoms. The standard InChI is InChI=1S/C12H26O2/c1-5-11(4,13)9-8-10-12(14,6-2)7-3/h13-14H,5-10H2,1-4H3. The van der Waals surface area contributed by atoms with Gasteiger partial charge in [-0.1, -0.05) is 20.8 Å². The van der Waals surface area contributed by atoms with E-state index >= 15 is 0 Å². The second-order valence-electron chi connectivity index (χ2n) is 4.64. The maximum absolute atomic E-state index is 10.0. The van der Waals surface area contributed by atoms with Gasteiger partial charge in [-0.05, 0) is 45.4 Å². The van der Waals surface area contributed by atoms with E-state index in [0.29, 0.717) is 0 Å². The molecule has 0 amide bonds. The third kappa shape index (κ3) is 4.97. The van der Waals surface area contributed by atoms with Crippen LogP contribution in [0.1, 0.15) is 66.2 Å². The second kappa shape index (κ2) is 5.72. The van der Waals surface area contributed by atoms with Crippen LogP contribution in [0.5, 0.6) is 0 Å². The average Bonchev–Trinajstić information content (AvgIpc) is 2.17. The van der Waals surface area contributed by atoms with E-state index in [1.165, 1.54) is 0 Å². The van der Waals surface area contributed by atoms with Crippen LogP contribution in [0, 0.1) is 0 Å². The summed E-state index contributed by atoms with van der Waals surface area (Å²) < 4.78 is 0. The molecule has 1 atom stereocenters. The van der Waals surface area contributed by atoms with E-state index in [-0.39, 0.29) is 0 Å². The van der Waals surface area contributed by atoms with Gasteiger partial charge < -0.3 is 10.2 Å². The lowest BCUT2D eigenvalue weighted by Gasteiger charge is -2.27. The Bertz CT molecular complexity index is 148. The summed E-state index contributed by atoms with van der Waals surface area (Å²) in [7, 11) is 0. The summed E-state index contributed by atoms with van der Waals surface area (Å²) >= 11 is 0. The van der Waals surface area contributed by atoms with Crippen molar-refractivity contribution in [1.82, 2.24) is 0 Å². The molecule has 0 bridgehead atoms. The first kappa shape index (κ1) is 13.9. The van der Waals surface area contributed by atoms with Gasteiger partial charge in [-0.3, -0.25) is 0 Å². The molecule has 0 aromatic rings. The third-order valence-electron chi connectivity index (χ3n) is 3.44. The van der Waals surface area contributed by atoms with E-state index in [9.17, 15) is 10.2 Å². The monoisotopic (exact) mass is 202 g/mol. The first-order valence-electron chi connectivity index (χ1n) is 5.84. The van der Waals surface area contributed by atoms with Crippen molar-refractivity contribution < 1.29 is 10.2 Å². The molecule has 0 aliphatic rings. The van der Waals surface area contributed by atoms with Gasteiger partial charge in [-0.25, -0.2) is 0 Å². The van der Waals surface area contributed by atoms with Crippen LogP contribution in [-0.4, -0.2) is 21.4 Å². The molecule has 0 spiro atoms. The van der Waals surface area contributed by atoms with Crippen molar-refractivity contribution >= 4 is 0 Å². The van der Waals surface area contributed by atoms with Crippen molar-refractivity contribution in [2.75, 3.05) is 0 Å². The van der Waals surface area contributed by atoms with Gasteiger partial charge in [0.1, 0.15) is 0 Å². The van der Waals surface area contributed by atoms with Crippen molar-refractivity contribution in [3.05, 3.63) is 0 Å². The zero-order valence-corrected chi connectivity index (χ0v) is 10.1. The molecule has 0 saturated heterocycles. The van der Waals surface area contributed by atoms with Crippen molar-refractivity contribution in [2.45, 2.75) is 77.4 Å². The second-order valence-corrected chi connectivity index (χ2v) is 4.64. The van der Waals surface area contributed by atoms with Crippen LogP contribution in [-0.2, 0) is 0 Å². The molecule has 0 radical (unpaired) electrons. The maximum atomic E-state index is 10.0. The summed E-state index contributed by atoms with van der Waals surface area (Å²) in [6.07, 6.45) is 4.88. The van der Waals surface area contributed by atoms with Gasteiger partial charge in [0.2, 0.25) is 0 Å². The van der Waals surface area contributed by atoms with E-state index in [4.69, 9.17) is 0 Å². The molecule has 0 aromatic carbocycles. The smallest absolute Gasteiger partial charge is 0.0642 e. The Labute approximate surface area is 88.3 Å². The van der Waals surface area contributed by atoms with Crippen LogP contribution < -0.4 is 0 Å². The Morgan fingerprint density at radius 1 is 0.857 bits per heavy atom. The molecule has 0 saturated carbocycles. The van der Waals surface area contributed by atoms with Crippen LogP contribution in [0.15, 0.2) is 0 Å². The van der Waals surface area contributed by atoms with Gasteiger partial charge in [0.25, 0.3) is 0 Å². The molecule has 14 heavy (non-hydrogen) atoms. The predicted octanol–water partition coefficient (Wildman–Crippen LogP) is 2.87. The molecule has 0 heterocycles. The van der Waals surface area contributed by atoms with Crippen LogP contribution in [0.2, 0.25) is 0 Å². The van der Waals surface area contributed by atoms with Gasteiger partial charge in [0.05, 0.1) is 11.2 Å². The van der Waals surface area contributed by atoms with Gasteiger partial charge in [-0.15, -0.1) is 0 Å². The van der Waals surface area contributed by atoms with Crippen molar-refractivity contribution in [2.24, 2.45) is 0 Å². The van der Waals surface area contributed by atoms with E-state index in [1.807, 2.05) is 27.7 Å². The number of aliphatic hydroxyl groups is 2. The first-order valence-corrected chi connectivity index (χ1v) is 5.84. The molecule has 0 aliphatic carbocycles. The number of hydrogen-bond acceptors (Lipinski definition) is 2. The zero-order valence-electron chi connectivity index (χ0n) is 10.1. The largest absolute Gasteiger partial charge is 0.390 e. The van der Waals surface area contributed by atoms with E-state index in [0.717, 1.165) is 38.5 Å². The third-order valence-corrected chi connectivity index (χ3v) is 3.44. The molecule has 0 aromatic heterocycles. The van der Waals surface area contributed by atoms with Crippen LogP contribution >= 0.6 is 0 Å². The molecule has 86 valence electrons. The SMILES string of the molecule is CCC(C)(O)CCCC(O)(CC)CC. The molecule has 2 N–H and O–H groups in total. The van der Waals surface area contributed by atoms with Crippen molar-refractivity contribution in [3.8, 4) is 0 Å². The summed E-state index contributed by atoms with van der Waals surface area (Å²) in [5, 5.41) is 19.8. The summed E-state index contributed by atoms with van der Waals surface area (Å²) in [6.45, 7) is 7.89. The van der Waals surface area contributed by atoms with Crippen LogP contribution in [0.25, 0.3) is 0 Å². The quantitative estimate of drug-likeness (QED) is 0.666. The minimum absolute atomic E-state index is 0.510. The highest BCUT2D eigenvalue weighted by molar-refractivity contribution is 4.77. The summed E-state index contributed by atoms with van der Waals surface area (Å²) in [5.74, 6) is 0. The van der Waals surface area contributed by atoms with Gasteiger partial charge >= 0.3 is 0 Å². The summed E-state index contributed by atoms with van der Waals surface area (Å²) in [4.78, 5) is 0. The van der Waals surface area contributed by atoms with Gasteiger partial charge in [0, 0.05) is 0 Å². The molecule has 0 rings (SSSR count). The Morgan fingerprint density at radius 3 is 1.71 bits per heavy atom. The Morgan fingerprint density at radius 2 is 1.36 bits per heavy atom. The average molecular weight is 202 g/mol. The fourth-order valence-corrected chi connectivity index (χ4v) is 1.58. The van der Waals surface area contributed by atoms with E-state index in [2.05, 4.69) is 0 Å². The molecule has 0 fully saturated rings. The Kier molecular flexibility index (Phi) is 5.68. The lowest BCUT2D eigenvalue weighted by molar-refractivity contribution is 0.00455. The zero-order chi connectivity index (χ0) is 11.2. The minimum Gasteiger partial charge on any atom is -0.390 e. The highest BCUT2D eigenvalue weighted by Gasteiger charge is 2.24. The number of rotatable bonds is 7. The topological polar surface area (TPSA) is 40.5 Å². The molecular formula is C12H26O2. The van der Waals surface area contributed by atoms with Crippen LogP contribution in [0.3, 0.4) is 0 Å². The van der Waals surface area contributed by atoms with Crippen LogP contribution in [0.4, 0.5) is 0 Å². The highest BCUT2D eigenvalue weighted by Crippen LogP contribution is 2.25. The van der Waals surface area contributed by atoms with Gasteiger partial charge in [0.15, 0.2) is 0 Å². The van der Waals surface area contributed by atoms with Gasteiger partial charge in [-0.2, -0.15) is 0 Å². The predicted molar refractivity (Wildman–Crippen MR) is 60.3 cm³/mol. The lowest BCUT2D eigenvalue weighted by Crippen LogP contribution is -2.28. The summed E-state index contributed by atoms with van der Waals surface area (Å²) in [5.41, 5.74) is -1.06. The molecule has 0 aliphatic heterocycles. The number of hydrogen-bond donors (Lipinski definition) is 2. The van der Waals surface area contributed by atoms with Crippen molar-refractivity contribution in [3.63, 3.8) is 0 Å².